The Labute approximate surface area is 162 Å². The number of rotatable bonds is 8. The highest BCUT2D eigenvalue weighted by atomic mass is 32.2. The highest BCUT2D eigenvalue weighted by molar-refractivity contribution is 8.00. The van der Waals surface area contributed by atoms with Crippen molar-refractivity contribution in [2.45, 2.75) is 24.8 Å². The van der Waals surface area contributed by atoms with Crippen LogP contribution in [0.5, 0.6) is 0 Å². The maximum absolute atomic E-state index is 12.8. The summed E-state index contributed by atoms with van der Waals surface area (Å²) in [6.07, 6.45) is 0. The average Bonchev–Trinajstić information content (AvgIpc) is 2.65. The van der Waals surface area contributed by atoms with Crippen LogP contribution in [0.3, 0.4) is 0 Å². The van der Waals surface area contributed by atoms with Gasteiger partial charge >= 0.3 is 0 Å². The van der Waals surface area contributed by atoms with Crippen molar-refractivity contribution >= 4 is 35.2 Å². The van der Waals surface area contributed by atoms with E-state index < -0.39 is 11.9 Å². The van der Waals surface area contributed by atoms with Crippen molar-refractivity contribution < 1.29 is 14.4 Å². The summed E-state index contributed by atoms with van der Waals surface area (Å²) >= 11 is 1.25. The van der Waals surface area contributed by atoms with Gasteiger partial charge in [-0.3, -0.25) is 14.4 Å². The summed E-state index contributed by atoms with van der Waals surface area (Å²) in [4.78, 5) is 37.0. The number of anilines is 1. The van der Waals surface area contributed by atoms with E-state index in [1.807, 2.05) is 26.0 Å². The van der Waals surface area contributed by atoms with Crippen molar-refractivity contribution in [1.29, 1.82) is 0 Å². The summed E-state index contributed by atoms with van der Waals surface area (Å²) in [5, 5.41) is 5.64. The number of nitrogens with one attached hydrogen (secondary N) is 2. The van der Waals surface area contributed by atoms with Gasteiger partial charge in [-0.25, -0.2) is 0 Å². The standard InChI is InChI=1S/C20H23N3O3S/c1-13(2)18(23-19(25)14-8-4-3-5-9-14)20(26)22-15-10-6-7-11-16(15)27-12-17(21)24/h3-11,13,18H,12H2,1-2H3,(H2,21,24)(H,22,26)(H,23,25)/t18-/m0/s1. The predicted octanol–water partition coefficient (Wildman–Crippen LogP) is 2.66. The van der Waals surface area contributed by atoms with E-state index in [1.165, 1.54) is 11.8 Å². The van der Waals surface area contributed by atoms with Crippen LogP contribution < -0.4 is 16.4 Å². The molecule has 0 aliphatic heterocycles. The minimum absolute atomic E-state index is 0.108. The molecule has 0 aliphatic carbocycles. The largest absolute Gasteiger partial charge is 0.369 e. The Morgan fingerprint density at radius 2 is 1.63 bits per heavy atom. The van der Waals surface area contributed by atoms with Gasteiger partial charge in [-0.15, -0.1) is 11.8 Å². The first-order valence-electron chi connectivity index (χ1n) is 8.55. The van der Waals surface area contributed by atoms with Crippen molar-refractivity contribution in [3.05, 3.63) is 60.2 Å². The van der Waals surface area contributed by atoms with Gasteiger partial charge in [0.15, 0.2) is 0 Å². The fraction of sp³-hybridized carbons (Fsp3) is 0.250. The molecule has 0 aliphatic rings. The van der Waals surface area contributed by atoms with Crippen LogP contribution in [0.25, 0.3) is 0 Å². The van der Waals surface area contributed by atoms with Crippen molar-refractivity contribution in [1.82, 2.24) is 5.32 Å². The summed E-state index contributed by atoms with van der Waals surface area (Å²) in [5.41, 5.74) is 6.27. The van der Waals surface area contributed by atoms with E-state index in [0.29, 0.717) is 11.3 Å². The highest BCUT2D eigenvalue weighted by Gasteiger charge is 2.25. The van der Waals surface area contributed by atoms with Crippen molar-refractivity contribution in [3.63, 3.8) is 0 Å². The number of amides is 3. The van der Waals surface area contributed by atoms with Gasteiger partial charge in [-0.1, -0.05) is 44.2 Å². The maximum Gasteiger partial charge on any atom is 0.251 e. The molecule has 0 spiro atoms. The predicted molar refractivity (Wildman–Crippen MR) is 108 cm³/mol. The summed E-state index contributed by atoms with van der Waals surface area (Å²) in [6.45, 7) is 3.73. The van der Waals surface area contributed by atoms with Crippen LogP contribution in [0.4, 0.5) is 5.69 Å². The molecule has 3 amide bonds. The second-order valence-electron chi connectivity index (χ2n) is 6.30. The number of thioether (sulfide) groups is 1. The van der Waals surface area contributed by atoms with Crippen LogP contribution in [0.15, 0.2) is 59.5 Å². The molecule has 0 fully saturated rings. The first-order chi connectivity index (χ1) is 12.9. The number of hydrogen-bond donors (Lipinski definition) is 3. The summed E-state index contributed by atoms with van der Waals surface area (Å²) in [6, 6.07) is 15.2. The quantitative estimate of drug-likeness (QED) is 0.608. The Kier molecular flexibility index (Phi) is 7.43. The highest BCUT2D eigenvalue weighted by Crippen LogP contribution is 2.27. The molecule has 2 aromatic rings. The first kappa shape index (κ1) is 20.5. The molecule has 6 nitrogen and oxygen atoms in total. The van der Waals surface area contributed by atoms with E-state index in [0.717, 1.165) is 4.90 Å². The van der Waals surface area contributed by atoms with Crippen LogP contribution in [0.2, 0.25) is 0 Å². The number of carbonyl (C=O) groups excluding carboxylic acids is 3. The molecular weight excluding hydrogens is 362 g/mol. The van der Waals surface area contributed by atoms with Gasteiger partial charge in [-0.2, -0.15) is 0 Å². The van der Waals surface area contributed by atoms with E-state index in [4.69, 9.17) is 5.73 Å². The molecule has 0 bridgehead atoms. The number of nitrogens with two attached hydrogens (primary N) is 1. The average molecular weight is 385 g/mol. The van der Waals surface area contributed by atoms with Crippen LogP contribution in [0.1, 0.15) is 24.2 Å². The van der Waals surface area contributed by atoms with E-state index in [2.05, 4.69) is 10.6 Å². The summed E-state index contributed by atoms with van der Waals surface area (Å²) < 4.78 is 0. The van der Waals surface area contributed by atoms with Crippen LogP contribution in [0, 0.1) is 5.92 Å². The molecule has 2 aromatic carbocycles. The Hall–Kier alpha value is -2.80. The van der Waals surface area contributed by atoms with E-state index in [1.54, 1.807) is 42.5 Å². The number of benzene rings is 2. The molecule has 0 unspecified atom stereocenters. The number of hydrogen-bond acceptors (Lipinski definition) is 4. The minimum Gasteiger partial charge on any atom is -0.369 e. The molecule has 0 aromatic heterocycles. The van der Waals surface area contributed by atoms with Crippen molar-refractivity contribution in [3.8, 4) is 0 Å². The third-order valence-electron chi connectivity index (χ3n) is 3.79. The normalized spacial score (nSPS) is 11.7. The fourth-order valence-electron chi connectivity index (χ4n) is 2.40. The van der Waals surface area contributed by atoms with Gasteiger partial charge < -0.3 is 16.4 Å². The number of carbonyl (C=O) groups is 3. The molecule has 2 rings (SSSR count). The molecule has 1 atom stereocenters. The van der Waals surface area contributed by atoms with Crippen molar-refractivity contribution in [2.75, 3.05) is 11.1 Å². The fourth-order valence-corrected chi connectivity index (χ4v) is 3.15. The summed E-state index contributed by atoms with van der Waals surface area (Å²) in [7, 11) is 0. The Bertz CT molecular complexity index is 809. The molecule has 4 N–H and O–H groups in total. The topological polar surface area (TPSA) is 101 Å². The molecule has 0 saturated carbocycles. The molecule has 142 valence electrons. The van der Waals surface area contributed by atoms with Gasteiger partial charge in [0.1, 0.15) is 6.04 Å². The monoisotopic (exact) mass is 385 g/mol. The molecule has 0 heterocycles. The van der Waals surface area contributed by atoms with Crippen molar-refractivity contribution in [2.24, 2.45) is 11.7 Å². The van der Waals surface area contributed by atoms with Gasteiger partial charge in [0.25, 0.3) is 5.91 Å². The zero-order valence-electron chi connectivity index (χ0n) is 15.3. The third kappa shape index (κ3) is 6.14. The van der Waals surface area contributed by atoms with Crippen LogP contribution in [-0.2, 0) is 9.59 Å². The lowest BCUT2D eigenvalue weighted by Crippen LogP contribution is -2.47. The lowest BCUT2D eigenvalue weighted by molar-refractivity contribution is -0.119. The maximum atomic E-state index is 12.8. The Morgan fingerprint density at radius 1 is 1.00 bits per heavy atom. The van der Waals surface area contributed by atoms with Gasteiger partial charge in [-0.05, 0) is 30.2 Å². The summed E-state index contributed by atoms with van der Waals surface area (Å²) in [5.74, 6) is -1.05. The number of para-hydroxylation sites is 1. The molecular formula is C20H23N3O3S. The first-order valence-corrected chi connectivity index (χ1v) is 9.54. The van der Waals surface area contributed by atoms with Crippen LogP contribution >= 0.6 is 11.8 Å². The SMILES string of the molecule is CC(C)[C@H](NC(=O)c1ccccc1)C(=O)Nc1ccccc1SCC(N)=O. The lowest BCUT2D eigenvalue weighted by Gasteiger charge is -2.22. The minimum atomic E-state index is -0.702. The van der Waals surface area contributed by atoms with Gasteiger partial charge in [0, 0.05) is 10.5 Å². The van der Waals surface area contributed by atoms with Gasteiger partial charge in [0.2, 0.25) is 11.8 Å². The second kappa shape index (κ2) is 9.78. The molecule has 0 saturated heterocycles. The Balaban J connectivity index is 2.11. The van der Waals surface area contributed by atoms with E-state index >= 15 is 0 Å². The molecule has 27 heavy (non-hydrogen) atoms. The van der Waals surface area contributed by atoms with Crippen LogP contribution in [-0.4, -0.2) is 29.5 Å². The second-order valence-corrected chi connectivity index (χ2v) is 7.32. The zero-order chi connectivity index (χ0) is 19.8. The zero-order valence-corrected chi connectivity index (χ0v) is 16.1. The third-order valence-corrected chi connectivity index (χ3v) is 4.88. The van der Waals surface area contributed by atoms with Gasteiger partial charge in [0.05, 0.1) is 11.4 Å². The lowest BCUT2D eigenvalue weighted by atomic mass is 10.0. The smallest absolute Gasteiger partial charge is 0.251 e. The van der Waals surface area contributed by atoms with E-state index in [9.17, 15) is 14.4 Å². The van der Waals surface area contributed by atoms with E-state index in [-0.39, 0.29) is 23.5 Å². The number of primary amides is 1. The Morgan fingerprint density at radius 3 is 2.26 bits per heavy atom. The molecule has 0 radical (unpaired) electrons. The molecule has 7 heteroatoms.